The van der Waals surface area contributed by atoms with E-state index in [0.717, 1.165) is 38.3 Å². The molecule has 0 amide bonds. The minimum absolute atomic E-state index is 0.480. The maximum atomic E-state index is 5.42. The van der Waals surface area contributed by atoms with Crippen molar-refractivity contribution >= 4 is 0 Å². The summed E-state index contributed by atoms with van der Waals surface area (Å²) < 4.78 is 2.19. The number of aromatic nitrogens is 2. The second kappa shape index (κ2) is 6.58. The van der Waals surface area contributed by atoms with E-state index in [-0.39, 0.29) is 0 Å². The number of nitrogens with zero attached hydrogens (tertiary/aromatic N) is 2. The Bertz CT molecular complexity index is 267. The van der Waals surface area contributed by atoms with Gasteiger partial charge >= 0.3 is 0 Å². The third-order valence-corrected chi connectivity index (χ3v) is 2.40. The highest BCUT2D eigenvalue weighted by molar-refractivity contribution is 4.93. The van der Waals surface area contributed by atoms with Crippen molar-refractivity contribution in [2.45, 2.75) is 39.3 Å². The Morgan fingerprint density at radius 2 is 2.27 bits per heavy atom. The molecular formula is C11H22N4. The molecule has 0 bridgehead atoms. The van der Waals surface area contributed by atoms with Gasteiger partial charge in [-0.05, 0) is 39.8 Å². The number of hydrogen-bond acceptors (Lipinski definition) is 3. The van der Waals surface area contributed by atoms with Crippen molar-refractivity contribution in [3.63, 3.8) is 0 Å². The van der Waals surface area contributed by atoms with Gasteiger partial charge in [-0.3, -0.25) is 0 Å². The Balaban J connectivity index is 2.28. The van der Waals surface area contributed by atoms with Gasteiger partial charge in [0.05, 0.1) is 6.54 Å². The molecular weight excluding hydrogens is 188 g/mol. The summed E-state index contributed by atoms with van der Waals surface area (Å²) in [5, 5.41) is 3.38. The molecule has 0 fully saturated rings. The van der Waals surface area contributed by atoms with E-state index in [1.54, 1.807) is 0 Å². The third-order valence-electron chi connectivity index (χ3n) is 2.40. The summed E-state index contributed by atoms with van der Waals surface area (Å²) in [5.41, 5.74) is 5.42. The fourth-order valence-corrected chi connectivity index (χ4v) is 1.55. The molecule has 3 N–H and O–H groups in total. The highest BCUT2D eigenvalue weighted by Crippen LogP contribution is 2.07. The zero-order valence-electron chi connectivity index (χ0n) is 9.74. The highest BCUT2D eigenvalue weighted by atomic mass is 15.1. The van der Waals surface area contributed by atoms with Crippen molar-refractivity contribution < 1.29 is 0 Å². The van der Waals surface area contributed by atoms with Gasteiger partial charge in [-0.25, -0.2) is 4.98 Å². The van der Waals surface area contributed by atoms with E-state index in [4.69, 9.17) is 5.73 Å². The first kappa shape index (κ1) is 12.2. The molecule has 4 nitrogen and oxygen atoms in total. The molecule has 0 radical (unpaired) electrons. The van der Waals surface area contributed by atoms with E-state index in [1.165, 1.54) is 0 Å². The third kappa shape index (κ3) is 4.01. The molecule has 1 aromatic heterocycles. The molecule has 1 rings (SSSR count). The van der Waals surface area contributed by atoms with Crippen molar-refractivity contribution in [3.8, 4) is 0 Å². The highest BCUT2D eigenvalue weighted by Gasteiger charge is 2.04. The molecule has 0 aliphatic heterocycles. The average molecular weight is 210 g/mol. The minimum Gasteiger partial charge on any atom is -0.331 e. The van der Waals surface area contributed by atoms with Crippen LogP contribution in [0, 0.1) is 0 Å². The predicted molar refractivity (Wildman–Crippen MR) is 62.6 cm³/mol. The fourth-order valence-electron chi connectivity index (χ4n) is 1.55. The van der Waals surface area contributed by atoms with Crippen LogP contribution in [0.1, 0.15) is 38.6 Å². The van der Waals surface area contributed by atoms with E-state index in [0.29, 0.717) is 6.04 Å². The maximum absolute atomic E-state index is 5.42. The van der Waals surface area contributed by atoms with Crippen LogP contribution >= 0.6 is 0 Å². The van der Waals surface area contributed by atoms with Gasteiger partial charge in [0.25, 0.3) is 0 Å². The summed E-state index contributed by atoms with van der Waals surface area (Å²) in [6.45, 7) is 6.97. The summed E-state index contributed by atoms with van der Waals surface area (Å²) >= 11 is 0. The van der Waals surface area contributed by atoms with Gasteiger partial charge in [0, 0.05) is 18.4 Å². The monoisotopic (exact) mass is 210 g/mol. The molecule has 0 aliphatic carbocycles. The number of nitrogens with two attached hydrogens (primary N) is 1. The Morgan fingerprint density at radius 3 is 2.93 bits per heavy atom. The zero-order valence-corrected chi connectivity index (χ0v) is 9.74. The number of unbranched alkanes of at least 4 members (excludes halogenated alkanes) is 1. The number of hydrogen-bond donors (Lipinski definition) is 2. The predicted octanol–water partition coefficient (Wildman–Crippen LogP) is 1.29. The smallest absolute Gasteiger partial charge is 0.122 e. The van der Waals surface area contributed by atoms with Crippen molar-refractivity contribution in [2.75, 3.05) is 13.1 Å². The molecule has 4 heteroatoms. The van der Waals surface area contributed by atoms with E-state index in [2.05, 4.69) is 28.7 Å². The van der Waals surface area contributed by atoms with Gasteiger partial charge < -0.3 is 15.6 Å². The normalized spacial score (nSPS) is 11.2. The van der Waals surface area contributed by atoms with Crippen molar-refractivity contribution in [1.29, 1.82) is 0 Å². The lowest BCUT2D eigenvalue weighted by molar-refractivity contribution is 0.535. The van der Waals surface area contributed by atoms with Crippen LogP contribution in [0.25, 0.3) is 0 Å². The molecule has 1 aromatic rings. The maximum Gasteiger partial charge on any atom is 0.122 e. The van der Waals surface area contributed by atoms with Crippen LogP contribution in [0.4, 0.5) is 0 Å². The summed E-state index contributed by atoms with van der Waals surface area (Å²) in [6, 6.07) is 0.480. The quantitative estimate of drug-likeness (QED) is 0.667. The van der Waals surface area contributed by atoms with Crippen molar-refractivity contribution in [3.05, 3.63) is 18.2 Å². The molecule has 1 heterocycles. The first-order valence-electron chi connectivity index (χ1n) is 5.68. The van der Waals surface area contributed by atoms with Crippen LogP contribution in [0.3, 0.4) is 0 Å². The summed E-state index contributed by atoms with van der Waals surface area (Å²) in [5.74, 6) is 1.11. The lowest BCUT2D eigenvalue weighted by Gasteiger charge is -2.11. The van der Waals surface area contributed by atoms with E-state index in [9.17, 15) is 0 Å². The minimum atomic E-state index is 0.480. The van der Waals surface area contributed by atoms with Gasteiger partial charge in [-0.2, -0.15) is 0 Å². The summed E-state index contributed by atoms with van der Waals surface area (Å²) in [7, 11) is 0. The lowest BCUT2D eigenvalue weighted by atomic mass is 10.3. The van der Waals surface area contributed by atoms with Gasteiger partial charge in [0.15, 0.2) is 0 Å². The average Bonchev–Trinajstić information content (AvgIpc) is 2.66. The second-order valence-corrected chi connectivity index (χ2v) is 4.02. The SMILES string of the molecule is CC(C)n1ccnc1CNCCCCN. The standard InChI is InChI=1S/C11H22N4/c1-10(2)15-8-7-14-11(15)9-13-6-4-3-5-12/h7-8,10,13H,3-6,9,12H2,1-2H3. The van der Waals surface area contributed by atoms with Crippen LogP contribution in [0.15, 0.2) is 12.4 Å². The van der Waals surface area contributed by atoms with Crippen LogP contribution in [-0.2, 0) is 6.54 Å². The Labute approximate surface area is 91.9 Å². The summed E-state index contributed by atoms with van der Waals surface area (Å²) in [4.78, 5) is 4.33. The molecule has 0 saturated carbocycles. The van der Waals surface area contributed by atoms with Crippen LogP contribution in [0.5, 0.6) is 0 Å². The largest absolute Gasteiger partial charge is 0.331 e. The number of rotatable bonds is 7. The van der Waals surface area contributed by atoms with Gasteiger partial charge in [-0.1, -0.05) is 0 Å². The molecule has 86 valence electrons. The van der Waals surface area contributed by atoms with Gasteiger partial charge in [-0.15, -0.1) is 0 Å². The van der Waals surface area contributed by atoms with Gasteiger partial charge in [0.2, 0.25) is 0 Å². The first-order valence-corrected chi connectivity index (χ1v) is 5.68. The van der Waals surface area contributed by atoms with Crippen LogP contribution in [-0.4, -0.2) is 22.6 Å². The molecule has 15 heavy (non-hydrogen) atoms. The first-order chi connectivity index (χ1) is 7.25. The second-order valence-electron chi connectivity index (χ2n) is 4.02. The van der Waals surface area contributed by atoms with E-state index < -0.39 is 0 Å². The number of imidazole rings is 1. The summed E-state index contributed by atoms with van der Waals surface area (Å²) in [6.07, 6.45) is 6.11. The Morgan fingerprint density at radius 1 is 1.47 bits per heavy atom. The van der Waals surface area contributed by atoms with E-state index >= 15 is 0 Å². The Kier molecular flexibility index (Phi) is 5.36. The molecule has 0 saturated heterocycles. The molecule has 0 aromatic carbocycles. The van der Waals surface area contributed by atoms with Crippen LogP contribution in [0.2, 0.25) is 0 Å². The van der Waals surface area contributed by atoms with E-state index in [1.807, 2.05) is 12.4 Å². The van der Waals surface area contributed by atoms with Crippen LogP contribution < -0.4 is 11.1 Å². The topological polar surface area (TPSA) is 55.9 Å². The Hall–Kier alpha value is -0.870. The molecule has 0 spiro atoms. The number of nitrogens with one attached hydrogen (secondary N) is 1. The zero-order chi connectivity index (χ0) is 11.1. The lowest BCUT2D eigenvalue weighted by Crippen LogP contribution is -2.19. The fraction of sp³-hybridized carbons (Fsp3) is 0.727. The van der Waals surface area contributed by atoms with Crippen molar-refractivity contribution in [1.82, 2.24) is 14.9 Å². The molecule has 0 unspecified atom stereocenters. The molecule has 0 aliphatic rings. The van der Waals surface area contributed by atoms with Crippen molar-refractivity contribution in [2.24, 2.45) is 5.73 Å². The van der Waals surface area contributed by atoms with Gasteiger partial charge in [0.1, 0.15) is 5.82 Å². The molecule has 0 atom stereocenters.